The van der Waals surface area contributed by atoms with Gasteiger partial charge in [0, 0.05) is 16.7 Å². The predicted molar refractivity (Wildman–Crippen MR) is 85.2 cm³/mol. The van der Waals surface area contributed by atoms with Crippen LogP contribution in [0.3, 0.4) is 0 Å². The Morgan fingerprint density at radius 2 is 1.80 bits per heavy atom. The van der Waals surface area contributed by atoms with Crippen molar-refractivity contribution in [2.45, 2.75) is 11.8 Å². The van der Waals surface area contributed by atoms with Crippen molar-refractivity contribution in [3.05, 3.63) is 53.0 Å². The van der Waals surface area contributed by atoms with Crippen LogP contribution in [0.25, 0.3) is 0 Å². The lowest BCUT2D eigenvalue weighted by Crippen LogP contribution is -2.31. The zero-order chi connectivity index (χ0) is 14.8. The zero-order valence-electron chi connectivity index (χ0n) is 11.0. The van der Waals surface area contributed by atoms with E-state index in [0.29, 0.717) is 22.4 Å². The summed E-state index contributed by atoms with van der Waals surface area (Å²) in [5.41, 5.74) is 6.74. The lowest BCUT2D eigenvalue weighted by molar-refractivity contribution is 0.591. The van der Waals surface area contributed by atoms with Crippen molar-refractivity contribution in [1.82, 2.24) is 0 Å². The van der Waals surface area contributed by atoms with Crippen LogP contribution in [-0.2, 0) is 10.0 Å². The molecule has 2 rings (SSSR count). The third kappa shape index (κ3) is 2.81. The molecule has 0 aliphatic heterocycles. The number of halogens is 1. The van der Waals surface area contributed by atoms with Crippen LogP contribution >= 0.6 is 15.9 Å². The van der Waals surface area contributed by atoms with Crippen molar-refractivity contribution in [2.24, 2.45) is 0 Å². The van der Waals surface area contributed by atoms with Crippen molar-refractivity contribution in [1.29, 1.82) is 0 Å². The molecule has 0 radical (unpaired) electrons. The van der Waals surface area contributed by atoms with Crippen LogP contribution in [-0.4, -0.2) is 15.0 Å². The highest BCUT2D eigenvalue weighted by Gasteiger charge is 2.25. The minimum absolute atomic E-state index is 0.170. The number of anilines is 2. The molecule has 0 aromatic heterocycles. The normalized spacial score (nSPS) is 11.3. The summed E-state index contributed by atoms with van der Waals surface area (Å²) >= 11 is 3.27. The predicted octanol–water partition coefficient (Wildman–Crippen LogP) is 3.25. The summed E-state index contributed by atoms with van der Waals surface area (Å²) < 4.78 is 27.4. The van der Waals surface area contributed by atoms with Gasteiger partial charge in [-0.1, -0.05) is 18.2 Å². The third-order valence-electron chi connectivity index (χ3n) is 2.85. The van der Waals surface area contributed by atoms with Gasteiger partial charge in [0.15, 0.2) is 0 Å². The van der Waals surface area contributed by atoms with E-state index in [1.165, 1.54) is 10.4 Å². The number of hydrogen-bond acceptors (Lipinski definition) is 3. The second-order valence-corrected chi connectivity index (χ2v) is 6.88. The summed E-state index contributed by atoms with van der Waals surface area (Å²) in [6.07, 6.45) is 0. The van der Waals surface area contributed by atoms with Gasteiger partial charge in [0.2, 0.25) is 0 Å². The number of para-hydroxylation sites is 1. The highest BCUT2D eigenvalue weighted by Crippen LogP contribution is 2.29. The molecule has 106 valence electrons. The number of benzene rings is 2. The maximum absolute atomic E-state index is 12.8. The van der Waals surface area contributed by atoms with Gasteiger partial charge >= 0.3 is 0 Å². The smallest absolute Gasteiger partial charge is 0.265 e. The summed E-state index contributed by atoms with van der Waals surface area (Å²) in [4.78, 5) is 0.170. The molecule has 0 fully saturated rings. The molecule has 2 N–H and O–H groups in total. The molecule has 0 aliphatic rings. The fourth-order valence-corrected chi connectivity index (χ4v) is 4.36. The van der Waals surface area contributed by atoms with E-state index in [0.717, 1.165) is 0 Å². The number of nitrogen functional groups attached to an aromatic ring is 1. The molecule has 2 aromatic rings. The Morgan fingerprint density at radius 3 is 2.40 bits per heavy atom. The first kappa shape index (κ1) is 14.9. The van der Waals surface area contributed by atoms with Gasteiger partial charge in [0.1, 0.15) is 4.90 Å². The molecule has 0 spiro atoms. The molecule has 0 amide bonds. The van der Waals surface area contributed by atoms with Gasteiger partial charge in [-0.3, -0.25) is 4.31 Å². The first-order chi connectivity index (χ1) is 9.46. The Labute approximate surface area is 127 Å². The largest absolute Gasteiger partial charge is 0.399 e. The monoisotopic (exact) mass is 354 g/mol. The van der Waals surface area contributed by atoms with Crippen molar-refractivity contribution >= 4 is 37.3 Å². The second kappa shape index (κ2) is 5.85. The lowest BCUT2D eigenvalue weighted by atomic mass is 10.3. The Hall–Kier alpha value is -1.53. The minimum atomic E-state index is -3.65. The molecule has 0 unspecified atom stereocenters. The molecule has 2 aromatic carbocycles. The van der Waals surface area contributed by atoms with Gasteiger partial charge in [-0.25, -0.2) is 8.42 Å². The van der Waals surface area contributed by atoms with Crippen molar-refractivity contribution in [2.75, 3.05) is 16.6 Å². The molecule has 0 bridgehead atoms. The van der Waals surface area contributed by atoms with Gasteiger partial charge in [0.05, 0.1) is 5.69 Å². The van der Waals surface area contributed by atoms with E-state index in [9.17, 15) is 8.42 Å². The molecule has 0 saturated heterocycles. The van der Waals surface area contributed by atoms with Crippen LogP contribution in [0.2, 0.25) is 0 Å². The SMILES string of the molecule is CCN(c1ccccc1)S(=O)(=O)c1cc(N)ccc1Br. The van der Waals surface area contributed by atoms with Crippen LogP contribution in [0.5, 0.6) is 0 Å². The van der Waals surface area contributed by atoms with Gasteiger partial charge in [-0.05, 0) is 53.2 Å². The molecule has 0 atom stereocenters. The maximum atomic E-state index is 12.8. The number of sulfonamides is 1. The third-order valence-corrected chi connectivity index (χ3v) is 5.75. The molecule has 6 heteroatoms. The van der Waals surface area contributed by atoms with Crippen molar-refractivity contribution in [3.8, 4) is 0 Å². The molecule has 0 aliphatic carbocycles. The lowest BCUT2D eigenvalue weighted by Gasteiger charge is -2.23. The minimum Gasteiger partial charge on any atom is -0.399 e. The second-order valence-electron chi connectivity index (χ2n) is 4.20. The topological polar surface area (TPSA) is 63.4 Å². The average molecular weight is 355 g/mol. The van der Waals surface area contributed by atoms with Crippen LogP contribution in [0, 0.1) is 0 Å². The molecule has 20 heavy (non-hydrogen) atoms. The van der Waals surface area contributed by atoms with Gasteiger partial charge in [0.25, 0.3) is 10.0 Å². The Morgan fingerprint density at radius 1 is 1.15 bits per heavy atom. The summed E-state index contributed by atoms with van der Waals surface area (Å²) in [5.74, 6) is 0. The maximum Gasteiger partial charge on any atom is 0.265 e. The summed E-state index contributed by atoms with van der Waals surface area (Å²) in [6, 6.07) is 13.8. The molecule has 0 heterocycles. The van der Waals surface area contributed by atoms with E-state index >= 15 is 0 Å². The Balaban J connectivity index is 2.56. The first-order valence-electron chi connectivity index (χ1n) is 6.09. The summed E-state index contributed by atoms with van der Waals surface area (Å²) in [6.45, 7) is 2.14. The number of hydrogen-bond donors (Lipinski definition) is 1. The fourth-order valence-electron chi connectivity index (χ4n) is 1.92. The van der Waals surface area contributed by atoms with Crippen molar-refractivity contribution < 1.29 is 8.42 Å². The Kier molecular flexibility index (Phi) is 4.35. The Bertz CT molecular complexity index is 702. The summed E-state index contributed by atoms with van der Waals surface area (Å²) in [7, 11) is -3.65. The number of nitrogens with two attached hydrogens (primary N) is 1. The zero-order valence-corrected chi connectivity index (χ0v) is 13.4. The van der Waals surface area contributed by atoms with Crippen LogP contribution < -0.4 is 10.0 Å². The van der Waals surface area contributed by atoms with E-state index in [1.54, 1.807) is 31.2 Å². The number of rotatable bonds is 4. The van der Waals surface area contributed by atoms with Crippen LogP contribution in [0.1, 0.15) is 6.92 Å². The molecular weight excluding hydrogens is 340 g/mol. The van der Waals surface area contributed by atoms with Crippen molar-refractivity contribution in [3.63, 3.8) is 0 Å². The van der Waals surface area contributed by atoms with E-state index < -0.39 is 10.0 Å². The van der Waals surface area contributed by atoms with E-state index in [1.807, 2.05) is 18.2 Å². The molecular formula is C14H15BrN2O2S. The van der Waals surface area contributed by atoms with E-state index in [4.69, 9.17) is 5.73 Å². The van der Waals surface area contributed by atoms with Gasteiger partial charge in [-0.2, -0.15) is 0 Å². The average Bonchev–Trinajstić information content (AvgIpc) is 2.43. The quantitative estimate of drug-likeness (QED) is 0.857. The first-order valence-corrected chi connectivity index (χ1v) is 8.33. The molecule has 4 nitrogen and oxygen atoms in total. The summed E-state index contributed by atoms with van der Waals surface area (Å²) in [5, 5.41) is 0. The van der Waals surface area contributed by atoms with Gasteiger partial charge in [-0.15, -0.1) is 0 Å². The van der Waals surface area contributed by atoms with Crippen LogP contribution in [0.15, 0.2) is 57.9 Å². The molecule has 0 saturated carbocycles. The highest BCUT2D eigenvalue weighted by atomic mass is 79.9. The van der Waals surface area contributed by atoms with Crippen LogP contribution in [0.4, 0.5) is 11.4 Å². The van der Waals surface area contributed by atoms with Gasteiger partial charge < -0.3 is 5.73 Å². The number of nitrogens with zero attached hydrogens (tertiary/aromatic N) is 1. The highest BCUT2D eigenvalue weighted by molar-refractivity contribution is 9.10. The van der Waals surface area contributed by atoms with E-state index in [2.05, 4.69) is 15.9 Å². The fraction of sp³-hybridized carbons (Fsp3) is 0.143. The van der Waals surface area contributed by atoms with E-state index in [-0.39, 0.29) is 4.90 Å². The standard InChI is InChI=1S/C14H15BrN2O2S/c1-2-17(12-6-4-3-5-7-12)20(18,19)14-10-11(16)8-9-13(14)15/h3-10H,2,16H2,1H3.